The summed E-state index contributed by atoms with van der Waals surface area (Å²) in [5, 5.41) is 18.3. The van der Waals surface area contributed by atoms with E-state index in [1.165, 1.54) is 23.9 Å². The van der Waals surface area contributed by atoms with Gasteiger partial charge in [-0.3, -0.25) is 0 Å². The van der Waals surface area contributed by atoms with E-state index in [4.69, 9.17) is 16.3 Å². The molecule has 1 aromatic carbocycles. The summed E-state index contributed by atoms with van der Waals surface area (Å²) in [6.07, 6.45) is 0. The summed E-state index contributed by atoms with van der Waals surface area (Å²) in [5.74, 6) is 0.0994. The summed E-state index contributed by atoms with van der Waals surface area (Å²) < 4.78 is 13.5. The molecule has 20 heavy (non-hydrogen) atoms. The van der Waals surface area contributed by atoms with Gasteiger partial charge < -0.3 is 5.73 Å². The van der Waals surface area contributed by atoms with Crippen molar-refractivity contribution in [1.82, 2.24) is 4.98 Å². The molecule has 98 valence electrons. The fourth-order valence-electron chi connectivity index (χ4n) is 1.55. The summed E-state index contributed by atoms with van der Waals surface area (Å²) in [6, 6.07) is 11.6. The Morgan fingerprint density at radius 1 is 1.20 bits per heavy atom. The van der Waals surface area contributed by atoms with Gasteiger partial charge in [0, 0.05) is 5.75 Å². The molecule has 2 N–H and O–H groups in total. The monoisotopic (exact) mass is 284 g/mol. The molecule has 2 rings (SSSR count). The molecule has 0 aliphatic rings. The molecule has 0 atom stereocenters. The molecule has 0 radical (unpaired) electrons. The summed E-state index contributed by atoms with van der Waals surface area (Å²) in [4.78, 5) is 4.03. The van der Waals surface area contributed by atoms with Gasteiger partial charge in [0.25, 0.3) is 0 Å². The lowest BCUT2D eigenvalue weighted by molar-refractivity contribution is 0.617. The number of nitriles is 2. The van der Waals surface area contributed by atoms with E-state index >= 15 is 0 Å². The third kappa shape index (κ3) is 2.87. The summed E-state index contributed by atoms with van der Waals surface area (Å²) in [7, 11) is 0. The Morgan fingerprint density at radius 2 is 1.90 bits per heavy atom. The van der Waals surface area contributed by atoms with Crippen LogP contribution in [-0.4, -0.2) is 4.98 Å². The predicted octanol–water partition coefficient (Wildman–Crippen LogP) is 2.84. The molecule has 0 unspecified atom stereocenters. The average molecular weight is 284 g/mol. The van der Waals surface area contributed by atoms with Crippen LogP contribution in [0.2, 0.25) is 0 Å². The maximum absolute atomic E-state index is 13.5. The Balaban J connectivity index is 2.27. The van der Waals surface area contributed by atoms with E-state index in [0.29, 0.717) is 16.3 Å². The number of rotatable bonds is 3. The Hall–Kier alpha value is -2.57. The number of nitrogens with zero attached hydrogens (tertiary/aromatic N) is 3. The van der Waals surface area contributed by atoms with Gasteiger partial charge in [0.1, 0.15) is 28.8 Å². The van der Waals surface area contributed by atoms with Gasteiger partial charge >= 0.3 is 0 Å². The van der Waals surface area contributed by atoms with E-state index < -0.39 is 0 Å². The first-order chi connectivity index (χ1) is 9.65. The molecule has 0 aliphatic carbocycles. The number of halogens is 1. The van der Waals surface area contributed by atoms with Gasteiger partial charge in [-0.15, -0.1) is 11.8 Å². The smallest absolute Gasteiger partial charge is 0.142 e. The normalized spacial score (nSPS) is 9.75. The van der Waals surface area contributed by atoms with Crippen LogP contribution in [-0.2, 0) is 5.75 Å². The van der Waals surface area contributed by atoms with Gasteiger partial charge in [0.15, 0.2) is 0 Å². The van der Waals surface area contributed by atoms with Crippen molar-refractivity contribution in [3.63, 3.8) is 0 Å². The van der Waals surface area contributed by atoms with Gasteiger partial charge in [-0.25, -0.2) is 9.37 Å². The number of hydrogen-bond acceptors (Lipinski definition) is 5. The number of thioether (sulfide) groups is 1. The third-order valence-corrected chi connectivity index (χ3v) is 3.62. The van der Waals surface area contributed by atoms with Crippen molar-refractivity contribution < 1.29 is 4.39 Å². The summed E-state index contributed by atoms with van der Waals surface area (Å²) >= 11 is 1.21. The maximum atomic E-state index is 13.5. The number of pyridine rings is 1. The minimum absolute atomic E-state index is 0.0718. The molecule has 0 saturated heterocycles. The number of nitrogens with two attached hydrogens (primary N) is 1. The van der Waals surface area contributed by atoms with Gasteiger partial charge in [-0.1, -0.05) is 18.2 Å². The van der Waals surface area contributed by atoms with E-state index in [9.17, 15) is 4.39 Å². The molecule has 0 fully saturated rings. The Labute approximate surface area is 119 Å². The minimum atomic E-state index is -0.305. The molecule has 0 saturated carbocycles. The van der Waals surface area contributed by atoms with Crippen LogP contribution >= 0.6 is 11.8 Å². The van der Waals surface area contributed by atoms with E-state index in [1.807, 2.05) is 12.1 Å². The van der Waals surface area contributed by atoms with Crippen molar-refractivity contribution in [2.24, 2.45) is 0 Å². The zero-order chi connectivity index (χ0) is 14.5. The molecule has 1 heterocycles. The second kappa shape index (κ2) is 6.05. The maximum Gasteiger partial charge on any atom is 0.142 e. The molecule has 0 amide bonds. The van der Waals surface area contributed by atoms with Crippen LogP contribution < -0.4 is 5.73 Å². The van der Waals surface area contributed by atoms with Gasteiger partial charge in [0.2, 0.25) is 0 Å². The highest BCUT2D eigenvalue weighted by Crippen LogP contribution is 2.27. The van der Waals surface area contributed by atoms with Gasteiger partial charge in [-0.05, 0) is 17.7 Å². The summed E-state index contributed by atoms with van der Waals surface area (Å²) in [5.41, 5.74) is 6.57. The average Bonchev–Trinajstić information content (AvgIpc) is 2.46. The SMILES string of the molecule is N#Cc1cc(C#N)c(SCc2ccccc2F)nc1N. The molecular weight excluding hydrogens is 275 g/mol. The molecule has 0 bridgehead atoms. The second-order valence-corrected chi connectivity index (χ2v) is 4.84. The van der Waals surface area contributed by atoms with Crippen LogP contribution in [0.4, 0.5) is 10.2 Å². The fourth-order valence-corrected chi connectivity index (χ4v) is 2.50. The first kappa shape index (κ1) is 13.9. The lowest BCUT2D eigenvalue weighted by Crippen LogP contribution is -1.99. The van der Waals surface area contributed by atoms with Crippen LogP contribution in [0, 0.1) is 28.5 Å². The van der Waals surface area contributed by atoms with Crippen LogP contribution in [0.1, 0.15) is 16.7 Å². The predicted molar refractivity (Wildman–Crippen MR) is 74.0 cm³/mol. The van der Waals surface area contributed by atoms with Crippen LogP contribution in [0.25, 0.3) is 0 Å². The number of benzene rings is 1. The van der Waals surface area contributed by atoms with Crippen LogP contribution in [0.5, 0.6) is 0 Å². The second-order valence-electron chi connectivity index (χ2n) is 3.88. The number of anilines is 1. The van der Waals surface area contributed by atoms with Crippen LogP contribution in [0.15, 0.2) is 35.4 Å². The molecule has 0 spiro atoms. The molecule has 4 nitrogen and oxygen atoms in total. The number of aromatic nitrogens is 1. The topological polar surface area (TPSA) is 86.5 Å². The molecule has 1 aromatic heterocycles. The van der Waals surface area contributed by atoms with E-state index in [0.717, 1.165) is 0 Å². The lowest BCUT2D eigenvalue weighted by Gasteiger charge is -2.06. The quantitative estimate of drug-likeness (QED) is 0.876. The fraction of sp³-hybridized carbons (Fsp3) is 0.0714. The first-order valence-electron chi connectivity index (χ1n) is 5.62. The molecule has 0 aliphatic heterocycles. The van der Waals surface area contributed by atoms with E-state index in [-0.39, 0.29) is 22.8 Å². The standard InChI is InChI=1S/C14H9FN4S/c15-12-4-2-1-3-9(12)8-20-14-11(7-17)5-10(6-16)13(18)19-14/h1-5H,8H2,(H2,18,19). The zero-order valence-electron chi connectivity index (χ0n) is 10.3. The zero-order valence-corrected chi connectivity index (χ0v) is 11.1. The number of nitrogen functional groups attached to an aromatic ring is 1. The van der Waals surface area contributed by atoms with Crippen molar-refractivity contribution in [1.29, 1.82) is 10.5 Å². The van der Waals surface area contributed by atoms with Crippen molar-refractivity contribution in [2.45, 2.75) is 10.8 Å². The highest BCUT2D eigenvalue weighted by atomic mass is 32.2. The minimum Gasteiger partial charge on any atom is -0.383 e. The van der Waals surface area contributed by atoms with Crippen molar-refractivity contribution in [3.05, 3.63) is 52.8 Å². The Morgan fingerprint density at radius 3 is 2.55 bits per heavy atom. The lowest BCUT2D eigenvalue weighted by atomic mass is 10.2. The first-order valence-corrected chi connectivity index (χ1v) is 6.61. The Bertz CT molecular complexity index is 731. The van der Waals surface area contributed by atoms with Gasteiger partial charge in [-0.2, -0.15) is 10.5 Å². The number of hydrogen-bond donors (Lipinski definition) is 1. The molecular formula is C14H9FN4S. The molecule has 2 aromatic rings. The van der Waals surface area contributed by atoms with Crippen molar-refractivity contribution in [3.8, 4) is 12.1 Å². The Kier molecular flexibility index (Phi) is 4.19. The highest BCUT2D eigenvalue weighted by molar-refractivity contribution is 7.98. The van der Waals surface area contributed by atoms with E-state index in [1.54, 1.807) is 18.2 Å². The van der Waals surface area contributed by atoms with Gasteiger partial charge in [0.05, 0.1) is 11.1 Å². The van der Waals surface area contributed by atoms with Crippen molar-refractivity contribution >= 4 is 17.6 Å². The largest absolute Gasteiger partial charge is 0.383 e. The third-order valence-electron chi connectivity index (χ3n) is 2.58. The van der Waals surface area contributed by atoms with Crippen LogP contribution in [0.3, 0.4) is 0 Å². The van der Waals surface area contributed by atoms with E-state index in [2.05, 4.69) is 4.98 Å². The highest BCUT2D eigenvalue weighted by Gasteiger charge is 2.11. The summed E-state index contributed by atoms with van der Waals surface area (Å²) in [6.45, 7) is 0. The van der Waals surface area contributed by atoms with Crippen molar-refractivity contribution in [2.75, 3.05) is 5.73 Å². The molecule has 6 heteroatoms.